The lowest BCUT2D eigenvalue weighted by atomic mass is 10.2. The first kappa shape index (κ1) is 19.6. The van der Waals surface area contributed by atoms with Gasteiger partial charge in [-0.2, -0.15) is 0 Å². The number of aromatic nitrogens is 2. The lowest BCUT2D eigenvalue weighted by Gasteiger charge is -2.13. The Hall–Kier alpha value is -3.19. The molecular weight excluding hydrogens is 372 g/mol. The molecule has 3 aromatic rings. The number of aliphatic imine (C=N–C) groups is 1. The Bertz CT molecular complexity index is 1100. The Morgan fingerprint density at radius 1 is 1.00 bits per heavy atom. The summed E-state index contributed by atoms with van der Waals surface area (Å²) in [5, 5.41) is 13.7. The second-order valence-corrected chi connectivity index (χ2v) is 6.47. The number of anilines is 2. The Morgan fingerprint density at radius 3 is 2.21 bits per heavy atom. The van der Waals surface area contributed by atoms with E-state index >= 15 is 0 Å². The van der Waals surface area contributed by atoms with Crippen LogP contribution in [0.3, 0.4) is 0 Å². The predicted molar refractivity (Wildman–Crippen MR) is 116 cm³/mol. The van der Waals surface area contributed by atoms with Crippen LogP contribution in [0.5, 0.6) is 5.88 Å². The smallest absolute Gasteiger partial charge is 0.267 e. The van der Waals surface area contributed by atoms with Crippen LogP contribution in [0.2, 0.25) is 0 Å². The number of nitrogens with one attached hydrogen (secondary N) is 1. The van der Waals surface area contributed by atoms with Gasteiger partial charge in [0.2, 0.25) is 5.88 Å². The van der Waals surface area contributed by atoms with Crippen molar-refractivity contribution in [2.75, 3.05) is 5.32 Å². The fourth-order valence-electron chi connectivity index (χ4n) is 2.84. The molecule has 0 saturated carbocycles. The number of nitrogens with zero attached hydrogens (tertiary/aromatic N) is 3. The summed E-state index contributed by atoms with van der Waals surface area (Å²) in [7, 11) is 0. The molecule has 2 aromatic carbocycles. The largest absolute Gasteiger partial charge is 0.494 e. The number of hydrogen-bond acceptors (Lipinski definition) is 5. The van der Waals surface area contributed by atoms with Gasteiger partial charge in [-0.3, -0.25) is 18.9 Å². The summed E-state index contributed by atoms with van der Waals surface area (Å²) in [5.41, 5.74) is 2.38. The van der Waals surface area contributed by atoms with Crippen molar-refractivity contribution in [1.29, 1.82) is 0 Å². The van der Waals surface area contributed by atoms with Crippen molar-refractivity contribution in [3.05, 3.63) is 75.3 Å². The van der Waals surface area contributed by atoms with Crippen molar-refractivity contribution in [3.8, 4) is 5.88 Å². The van der Waals surface area contributed by atoms with E-state index in [1.165, 1.54) is 15.3 Å². The molecule has 1 heterocycles. The average Bonchev–Trinajstić information content (AvgIpc) is 2.70. The van der Waals surface area contributed by atoms with Crippen LogP contribution in [-0.2, 0) is 13.1 Å². The van der Waals surface area contributed by atoms with Crippen molar-refractivity contribution < 1.29 is 5.11 Å². The highest BCUT2D eigenvalue weighted by Crippen LogP contribution is 2.21. The second kappa shape index (κ2) is 8.67. The maximum Gasteiger partial charge on any atom is 0.267 e. The van der Waals surface area contributed by atoms with E-state index in [0.29, 0.717) is 23.5 Å². The van der Waals surface area contributed by atoms with Gasteiger partial charge >= 0.3 is 0 Å². The first-order chi connectivity index (χ1) is 13.5. The molecule has 0 unspecified atom stereocenters. The van der Waals surface area contributed by atoms with Gasteiger partial charge in [-0.25, -0.2) is 0 Å². The number of hydrogen-bond donors (Lipinski definition) is 2. The molecule has 0 spiro atoms. The van der Waals surface area contributed by atoms with Crippen LogP contribution in [0.25, 0.3) is 0 Å². The fraction of sp³-hybridized carbons (Fsp3) is 0.190. The van der Waals surface area contributed by atoms with Crippen LogP contribution in [0.15, 0.2) is 64.4 Å². The minimum atomic E-state index is -0.346. The third kappa shape index (κ3) is 4.04. The Balaban J connectivity index is 1.88. The zero-order valence-electron chi connectivity index (χ0n) is 15.8. The highest BCUT2D eigenvalue weighted by molar-refractivity contribution is 7.71. The Labute approximate surface area is 168 Å². The summed E-state index contributed by atoms with van der Waals surface area (Å²) in [5.74, 6) is -0.159. The number of para-hydroxylation sites is 1. The third-order valence-corrected chi connectivity index (χ3v) is 4.78. The zero-order valence-corrected chi connectivity index (χ0v) is 16.6. The minimum absolute atomic E-state index is 0.129. The van der Waals surface area contributed by atoms with Crippen LogP contribution in [-0.4, -0.2) is 20.5 Å². The molecule has 0 aliphatic carbocycles. The fourth-order valence-corrected chi connectivity index (χ4v) is 3.27. The highest BCUT2D eigenvalue weighted by atomic mass is 32.1. The normalized spacial score (nSPS) is 11.1. The van der Waals surface area contributed by atoms with Crippen molar-refractivity contribution in [2.45, 2.75) is 26.9 Å². The quantitative estimate of drug-likeness (QED) is 0.473. The minimum Gasteiger partial charge on any atom is -0.494 e. The van der Waals surface area contributed by atoms with E-state index in [2.05, 4.69) is 10.3 Å². The lowest BCUT2D eigenvalue weighted by molar-refractivity contribution is 0.399. The molecule has 2 N–H and O–H groups in total. The van der Waals surface area contributed by atoms with Crippen molar-refractivity contribution in [1.82, 2.24) is 9.13 Å². The van der Waals surface area contributed by atoms with Crippen LogP contribution in [0, 0.1) is 4.77 Å². The Morgan fingerprint density at radius 2 is 1.61 bits per heavy atom. The molecule has 7 heteroatoms. The molecule has 28 heavy (non-hydrogen) atoms. The van der Waals surface area contributed by atoms with Gasteiger partial charge in [0, 0.05) is 30.7 Å². The first-order valence-electron chi connectivity index (χ1n) is 9.08. The monoisotopic (exact) mass is 394 g/mol. The van der Waals surface area contributed by atoms with Crippen LogP contribution >= 0.6 is 12.2 Å². The summed E-state index contributed by atoms with van der Waals surface area (Å²) in [4.78, 5) is 17.0. The topological polar surface area (TPSA) is 71.6 Å². The van der Waals surface area contributed by atoms with Crippen LogP contribution in [0.4, 0.5) is 17.1 Å². The molecule has 0 radical (unpaired) electrons. The van der Waals surface area contributed by atoms with Gasteiger partial charge < -0.3 is 10.4 Å². The molecule has 0 aliphatic heterocycles. The van der Waals surface area contributed by atoms with Gasteiger partial charge in [-0.05, 0) is 62.5 Å². The van der Waals surface area contributed by atoms with Crippen LogP contribution in [0.1, 0.15) is 19.4 Å². The van der Waals surface area contributed by atoms with E-state index in [1.54, 1.807) is 0 Å². The summed E-state index contributed by atoms with van der Waals surface area (Å²) < 4.78 is 3.28. The number of rotatable bonds is 6. The van der Waals surface area contributed by atoms with Gasteiger partial charge in [0.15, 0.2) is 4.77 Å². The van der Waals surface area contributed by atoms with Crippen molar-refractivity contribution in [2.24, 2.45) is 4.99 Å². The van der Waals surface area contributed by atoms with Gasteiger partial charge in [0.25, 0.3) is 5.56 Å². The molecule has 144 valence electrons. The highest BCUT2D eigenvalue weighted by Gasteiger charge is 2.13. The van der Waals surface area contributed by atoms with E-state index in [0.717, 1.165) is 11.4 Å². The standard InChI is InChI=1S/C21H22N4O2S/c1-3-24-19(26)18(20(27)25(4-2)21(24)28)14-22-15-10-12-17(13-11-15)23-16-8-6-5-7-9-16/h5-14,23,26H,3-4H2,1-2H3. The average molecular weight is 395 g/mol. The maximum atomic E-state index is 12.6. The van der Waals surface area contributed by atoms with Crippen molar-refractivity contribution in [3.63, 3.8) is 0 Å². The first-order valence-corrected chi connectivity index (χ1v) is 9.48. The zero-order chi connectivity index (χ0) is 20.1. The van der Waals surface area contributed by atoms with Crippen molar-refractivity contribution >= 4 is 35.5 Å². The molecule has 0 aliphatic rings. The number of benzene rings is 2. The molecule has 0 saturated heterocycles. The molecule has 1 aromatic heterocycles. The molecule has 0 bridgehead atoms. The van der Waals surface area contributed by atoms with E-state index in [1.807, 2.05) is 68.4 Å². The van der Waals surface area contributed by atoms with Gasteiger partial charge in [0.1, 0.15) is 5.56 Å². The van der Waals surface area contributed by atoms with E-state index in [9.17, 15) is 9.90 Å². The Kier molecular flexibility index (Phi) is 6.06. The van der Waals surface area contributed by atoms with E-state index in [-0.39, 0.29) is 17.0 Å². The third-order valence-electron chi connectivity index (χ3n) is 4.34. The predicted octanol–water partition coefficient (Wildman–Crippen LogP) is 4.62. The van der Waals surface area contributed by atoms with Gasteiger partial charge in [0.05, 0.1) is 5.69 Å². The molecular formula is C21H22N4O2S. The van der Waals surface area contributed by atoms with E-state index in [4.69, 9.17) is 12.2 Å². The summed E-state index contributed by atoms with van der Waals surface area (Å²) in [6.45, 7) is 4.59. The summed E-state index contributed by atoms with van der Waals surface area (Å²) in [6.07, 6.45) is 1.39. The van der Waals surface area contributed by atoms with Crippen LogP contribution < -0.4 is 10.9 Å². The molecule has 0 fully saturated rings. The number of aromatic hydroxyl groups is 1. The lowest BCUT2D eigenvalue weighted by Crippen LogP contribution is -2.27. The summed E-state index contributed by atoms with van der Waals surface area (Å²) in [6, 6.07) is 17.4. The maximum absolute atomic E-state index is 12.6. The van der Waals surface area contributed by atoms with E-state index < -0.39 is 0 Å². The summed E-state index contributed by atoms with van der Waals surface area (Å²) >= 11 is 5.28. The van der Waals surface area contributed by atoms with Gasteiger partial charge in [-0.1, -0.05) is 18.2 Å². The molecule has 0 atom stereocenters. The van der Waals surface area contributed by atoms with Gasteiger partial charge in [-0.15, -0.1) is 0 Å². The molecule has 0 amide bonds. The SMILES string of the molecule is CCn1c(O)c(C=Nc2ccc(Nc3ccccc3)cc2)c(=O)n(CC)c1=S. The molecule has 3 rings (SSSR count). The molecule has 6 nitrogen and oxygen atoms in total. The second-order valence-electron chi connectivity index (χ2n) is 6.11.